The third kappa shape index (κ3) is 3.22. The molecule has 27 heavy (non-hydrogen) atoms. The molecule has 0 aromatic carbocycles. The number of rotatable bonds is 2. The van der Waals surface area contributed by atoms with Crippen LogP contribution in [0.25, 0.3) is 0 Å². The molecule has 4 aliphatic rings. The molecule has 2 saturated carbocycles. The van der Waals surface area contributed by atoms with Crippen LogP contribution in [0.1, 0.15) is 39.0 Å². The first-order chi connectivity index (χ1) is 12.9. The Morgan fingerprint density at radius 3 is 2.44 bits per heavy atom. The molecule has 4 unspecified atom stereocenters. The van der Waals surface area contributed by atoms with Gasteiger partial charge in [0.2, 0.25) is 0 Å². The molecule has 4 fully saturated rings. The van der Waals surface area contributed by atoms with Gasteiger partial charge in [-0.3, -0.25) is 9.89 Å². The summed E-state index contributed by atoms with van der Waals surface area (Å²) in [5.41, 5.74) is 0.240. The highest BCUT2D eigenvalue weighted by Gasteiger charge is 2.65. The molecule has 1 spiro atoms. The summed E-state index contributed by atoms with van der Waals surface area (Å²) in [6, 6.07) is -1.00. The number of ether oxygens (including phenoxy) is 1. The van der Waals surface area contributed by atoms with E-state index in [1.54, 1.807) is 7.05 Å². The van der Waals surface area contributed by atoms with Gasteiger partial charge in [0.05, 0.1) is 6.10 Å². The predicted octanol–water partition coefficient (Wildman–Crippen LogP) is 2.48. The molecule has 4 rings (SSSR count). The minimum Gasteiger partial charge on any atom is -0.377 e. The maximum atomic E-state index is 13.0. The van der Waals surface area contributed by atoms with E-state index in [4.69, 9.17) is 4.74 Å². The molecule has 2 heterocycles. The number of halogens is 3. The van der Waals surface area contributed by atoms with E-state index in [2.05, 4.69) is 15.2 Å². The zero-order valence-corrected chi connectivity index (χ0v) is 16.3. The van der Waals surface area contributed by atoms with Gasteiger partial charge in [0.25, 0.3) is 0 Å². The van der Waals surface area contributed by atoms with Crippen molar-refractivity contribution >= 4 is 5.96 Å². The van der Waals surface area contributed by atoms with Crippen LogP contribution in [-0.2, 0) is 4.74 Å². The minimum atomic E-state index is -4.17. The molecule has 0 radical (unpaired) electrons. The highest BCUT2D eigenvalue weighted by molar-refractivity contribution is 5.80. The van der Waals surface area contributed by atoms with E-state index in [1.165, 1.54) is 37.5 Å². The minimum absolute atomic E-state index is 0.240. The molecule has 2 saturated heterocycles. The summed E-state index contributed by atoms with van der Waals surface area (Å²) in [5, 5.41) is 3.71. The molecule has 0 amide bonds. The van der Waals surface area contributed by atoms with Crippen LogP contribution in [0, 0.1) is 11.3 Å². The van der Waals surface area contributed by atoms with E-state index in [9.17, 15) is 13.2 Å². The average molecular weight is 388 g/mol. The number of hydrogen-bond donors (Lipinski definition) is 1. The Morgan fingerprint density at radius 1 is 1.19 bits per heavy atom. The first-order valence-corrected chi connectivity index (χ1v) is 10.3. The van der Waals surface area contributed by atoms with Gasteiger partial charge in [-0.15, -0.1) is 0 Å². The van der Waals surface area contributed by atoms with E-state index in [1.807, 2.05) is 0 Å². The average Bonchev–Trinajstić information content (AvgIpc) is 3.30. The quantitative estimate of drug-likeness (QED) is 0.583. The van der Waals surface area contributed by atoms with E-state index in [0.29, 0.717) is 44.2 Å². The Labute approximate surface area is 159 Å². The number of nitrogens with one attached hydrogen (secondary N) is 1. The standard InChI is InChI=1S/C19H31F3N4O/c1-13(19(20,21)22)25-8-10-26(11-9-25)17(23-2)24-15-14-5-12-27-16(14)18(15)6-3-4-7-18/h13-16H,3-12H2,1-2H3,(H,23,24). The molecule has 154 valence electrons. The molecule has 0 bridgehead atoms. The Kier molecular flexibility index (Phi) is 5.08. The number of aliphatic imine (C=N–C) groups is 1. The van der Waals surface area contributed by atoms with Crippen molar-refractivity contribution in [1.82, 2.24) is 15.1 Å². The Balaban J connectivity index is 1.38. The second kappa shape index (κ2) is 7.10. The van der Waals surface area contributed by atoms with E-state index < -0.39 is 12.2 Å². The highest BCUT2D eigenvalue weighted by Crippen LogP contribution is 2.60. The highest BCUT2D eigenvalue weighted by atomic mass is 19.4. The van der Waals surface area contributed by atoms with Crippen LogP contribution < -0.4 is 5.32 Å². The summed E-state index contributed by atoms with van der Waals surface area (Å²) < 4.78 is 45.0. The lowest BCUT2D eigenvalue weighted by atomic mass is 9.54. The maximum absolute atomic E-state index is 13.0. The van der Waals surface area contributed by atoms with E-state index >= 15 is 0 Å². The maximum Gasteiger partial charge on any atom is 0.403 e. The van der Waals surface area contributed by atoms with Crippen molar-refractivity contribution in [3.8, 4) is 0 Å². The van der Waals surface area contributed by atoms with Gasteiger partial charge in [-0.05, 0) is 26.2 Å². The van der Waals surface area contributed by atoms with Gasteiger partial charge in [-0.2, -0.15) is 13.2 Å². The van der Waals surface area contributed by atoms with E-state index in [0.717, 1.165) is 19.0 Å². The Bertz CT molecular complexity index is 568. The van der Waals surface area contributed by atoms with Crippen molar-refractivity contribution < 1.29 is 17.9 Å². The van der Waals surface area contributed by atoms with Crippen LogP contribution in [-0.4, -0.2) is 80.0 Å². The molecular weight excluding hydrogens is 357 g/mol. The normalized spacial score (nSPS) is 35.2. The van der Waals surface area contributed by atoms with Crippen LogP contribution in [0.2, 0.25) is 0 Å². The van der Waals surface area contributed by atoms with Gasteiger partial charge < -0.3 is 15.0 Å². The number of alkyl halides is 3. The van der Waals surface area contributed by atoms with Crippen molar-refractivity contribution in [2.24, 2.45) is 16.3 Å². The number of hydrogen-bond acceptors (Lipinski definition) is 3. The molecule has 0 aromatic rings. The van der Waals surface area contributed by atoms with Crippen molar-refractivity contribution in [2.75, 3.05) is 39.8 Å². The zero-order valence-electron chi connectivity index (χ0n) is 16.3. The number of piperazine rings is 1. The van der Waals surface area contributed by atoms with Gasteiger partial charge in [0, 0.05) is 57.2 Å². The van der Waals surface area contributed by atoms with Gasteiger partial charge in [-0.1, -0.05) is 12.8 Å². The van der Waals surface area contributed by atoms with E-state index in [-0.39, 0.29) is 5.41 Å². The third-order valence-corrected chi connectivity index (χ3v) is 7.42. The van der Waals surface area contributed by atoms with Crippen LogP contribution >= 0.6 is 0 Å². The fourth-order valence-corrected chi connectivity index (χ4v) is 5.87. The molecule has 4 atom stereocenters. The monoisotopic (exact) mass is 388 g/mol. The Morgan fingerprint density at radius 2 is 1.85 bits per heavy atom. The van der Waals surface area contributed by atoms with Gasteiger partial charge in [0.15, 0.2) is 5.96 Å². The molecular formula is C19H31F3N4O. The van der Waals surface area contributed by atoms with Crippen molar-refractivity contribution in [2.45, 2.75) is 63.4 Å². The predicted molar refractivity (Wildman–Crippen MR) is 97.7 cm³/mol. The summed E-state index contributed by atoms with van der Waals surface area (Å²) in [6.07, 6.45) is 2.26. The molecule has 0 aromatic heterocycles. The molecule has 5 nitrogen and oxygen atoms in total. The smallest absolute Gasteiger partial charge is 0.377 e. The largest absolute Gasteiger partial charge is 0.403 e. The third-order valence-electron chi connectivity index (χ3n) is 7.42. The second-order valence-corrected chi connectivity index (χ2v) is 8.59. The van der Waals surface area contributed by atoms with Crippen LogP contribution in [0.15, 0.2) is 4.99 Å². The number of nitrogens with zero attached hydrogens (tertiary/aromatic N) is 3. The van der Waals surface area contributed by atoms with Crippen LogP contribution in [0.3, 0.4) is 0 Å². The first-order valence-electron chi connectivity index (χ1n) is 10.3. The van der Waals surface area contributed by atoms with Gasteiger partial charge in [0.1, 0.15) is 6.04 Å². The molecule has 1 N–H and O–H groups in total. The molecule has 8 heteroatoms. The van der Waals surface area contributed by atoms with Crippen LogP contribution in [0.5, 0.6) is 0 Å². The number of fused-ring (bicyclic) bond motifs is 2. The lowest BCUT2D eigenvalue weighted by Gasteiger charge is -2.57. The second-order valence-electron chi connectivity index (χ2n) is 8.59. The summed E-state index contributed by atoms with van der Waals surface area (Å²) in [6.45, 7) is 4.07. The van der Waals surface area contributed by atoms with Crippen molar-refractivity contribution in [1.29, 1.82) is 0 Å². The van der Waals surface area contributed by atoms with Gasteiger partial charge >= 0.3 is 6.18 Å². The van der Waals surface area contributed by atoms with Crippen LogP contribution in [0.4, 0.5) is 13.2 Å². The lowest BCUT2D eigenvalue weighted by molar-refractivity contribution is -0.181. The summed E-state index contributed by atoms with van der Waals surface area (Å²) in [4.78, 5) is 8.11. The SMILES string of the molecule is CN=C(NC1C2CCOC2C12CCCC2)N1CCN(C(C)C(F)(F)F)CC1. The lowest BCUT2D eigenvalue weighted by Crippen LogP contribution is -2.70. The van der Waals surface area contributed by atoms with Gasteiger partial charge in [-0.25, -0.2) is 0 Å². The molecule has 2 aliphatic heterocycles. The topological polar surface area (TPSA) is 40.1 Å². The molecule has 2 aliphatic carbocycles. The van der Waals surface area contributed by atoms with Crippen molar-refractivity contribution in [3.63, 3.8) is 0 Å². The summed E-state index contributed by atoms with van der Waals surface area (Å²) in [7, 11) is 1.77. The Hall–Kier alpha value is -1.02. The first kappa shape index (κ1) is 19.3. The number of guanidine groups is 1. The summed E-state index contributed by atoms with van der Waals surface area (Å²) in [5.74, 6) is 1.39. The fourth-order valence-electron chi connectivity index (χ4n) is 5.87. The zero-order chi connectivity index (χ0) is 19.2. The van der Waals surface area contributed by atoms with Crippen molar-refractivity contribution in [3.05, 3.63) is 0 Å². The summed E-state index contributed by atoms with van der Waals surface area (Å²) >= 11 is 0. The fraction of sp³-hybridized carbons (Fsp3) is 0.947.